The molecule has 2 aromatic carbocycles. The van der Waals surface area contributed by atoms with Crippen molar-refractivity contribution >= 4 is 45.9 Å². The Morgan fingerprint density at radius 1 is 1.09 bits per heavy atom. The number of benzene rings is 2. The Balaban J connectivity index is 1.31. The summed E-state index contributed by atoms with van der Waals surface area (Å²) in [6.07, 6.45) is 1.51. The molecule has 0 bridgehead atoms. The summed E-state index contributed by atoms with van der Waals surface area (Å²) in [4.78, 5) is 4.42. The van der Waals surface area contributed by atoms with E-state index in [9.17, 15) is 5.11 Å². The van der Waals surface area contributed by atoms with E-state index in [1.807, 2.05) is 30.3 Å². The standard InChI is InChI=1S/C22H13Cl2N5O3S/c23-13-6-8-16(17(24)10-13)19-9-7-15(31-19)11-25-27-22-26-18(12-33-22)20-21(30)32-28-29(20)14-4-2-1-3-5-14/h1-12H,(H-,26,27,28,30)/b25-11+. The van der Waals surface area contributed by atoms with E-state index in [1.54, 1.807) is 35.7 Å². The molecule has 3 heterocycles. The normalized spacial score (nSPS) is 11.3. The van der Waals surface area contributed by atoms with Gasteiger partial charge in [-0.2, -0.15) is 5.10 Å². The zero-order valence-corrected chi connectivity index (χ0v) is 18.9. The molecule has 1 N–H and O–H groups in total. The molecule has 0 saturated carbocycles. The van der Waals surface area contributed by atoms with Gasteiger partial charge in [-0.3, -0.25) is 5.43 Å². The highest BCUT2D eigenvalue weighted by atomic mass is 35.5. The average Bonchev–Trinajstić information content (AvgIpc) is 3.55. The fourth-order valence-corrected chi connectivity index (χ4v) is 4.19. The van der Waals surface area contributed by atoms with Gasteiger partial charge in [-0.15, -0.1) is 11.3 Å². The number of halogens is 2. The van der Waals surface area contributed by atoms with Crippen LogP contribution < -0.4 is 15.2 Å². The van der Waals surface area contributed by atoms with E-state index in [1.165, 1.54) is 22.2 Å². The molecule has 5 rings (SSSR count). The Labute approximate surface area is 201 Å². The van der Waals surface area contributed by atoms with Crippen LogP contribution in [0.25, 0.3) is 28.4 Å². The topological polar surface area (TPSA) is 103 Å². The summed E-state index contributed by atoms with van der Waals surface area (Å²) < 4.78 is 12.0. The lowest BCUT2D eigenvalue weighted by Gasteiger charge is -2.00. The zero-order valence-electron chi connectivity index (χ0n) is 16.6. The van der Waals surface area contributed by atoms with Gasteiger partial charge in [0.15, 0.2) is 11.6 Å². The molecule has 5 aromatic rings. The minimum absolute atomic E-state index is 0.227. The molecule has 0 aliphatic heterocycles. The third-order valence-electron chi connectivity index (χ3n) is 4.53. The molecule has 0 saturated heterocycles. The number of hydrogen-bond donors (Lipinski definition) is 1. The van der Waals surface area contributed by atoms with Crippen LogP contribution in [-0.4, -0.2) is 16.5 Å². The van der Waals surface area contributed by atoms with Crippen molar-refractivity contribution in [1.82, 2.24) is 10.3 Å². The van der Waals surface area contributed by atoms with E-state index in [0.29, 0.717) is 38.1 Å². The van der Waals surface area contributed by atoms with Gasteiger partial charge >= 0.3 is 0 Å². The third-order valence-corrected chi connectivity index (χ3v) is 5.83. The number of hydrazone groups is 1. The van der Waals surface area contributed by atoms with Crippen LogP contribution in [0.2, 0.25) is 10.0 Å². The molecule has 0 atom stereocenters. The van der Waals surface area contributed by atoms with E-state index in [-0.39, 0.29) is 5.69 Å². The van der Waals surface area contributed by atoms with Crippen molar-refractivity contribution in [3.05, 3.63) is 81.8 Å². The van der Waals surface area contributed by atoms with Crippen LogP contribution in [0, 0.1) is 0 Å². The van der Waals surface area contributed by atoms with Crippen molar-refractivity contribution in [3.8, 4) is 34.3 Å². The molecule has 8 nitrogen and oxygen atoms in total. The van der Waals surface area contributed by atoms with E-state index in [4.69, 9.17) is 32.1 Å². The molecule has 0 fully saturated rings. The zero-order chi connectivity index (χ0) is 22.8. The van der Waals surface area contributed by atoms with Gasteiger partial charge in [0.1, 0.15) is 11.5 Å². The number of anilines is 1. The Bertz CT molecular complexity index is 1450. The average molecular weight is 498 g/mol. The van der Waals surface area contributed by atoms with Crippen molar-refractivity contribution in [3.63, 3.8) is 0 Å². The van der Waals surface area contributed by atoms with Gasteiger partial charge in [0.25, 0.3) is 5.69 Å². The lowest BCUT2D eigenvalue weighted by Crippen LogP contribution is -2.34. The third kappa shape index (κ3) is 4.47. The number of thiazole rings is 1. The molecule has 3 aromatic heterocycles. The van der Waals surface area contributed by atoms with E-state index >= 15 is 0 Å². The second kappa shape index (κ2) is 9.07. The maximum absolute atomic E-state index is 12.2. The number of hydrogen-bond acceptors (Lipinski definition) is 8. The number of nitrogens with one attached hydrogen (secondary N) is 1. The fraction of sp³-hybridized carbons (Fsp3) is 0. The number of aromatic nitrogens is 3. The first-order chi connectivity index (χ1) is 16.1. The number of para-hydroxylation sites is 1. The summed E-state index contributed by atoms with van der Waals surface area (Å²) >= 11 is 13.5. The molecule has 0 amide bonds. The summed E-state index contributed by atoms with van der Waals surface area (Å²) in [6, 6.07) is 17.9. The van der Waals surface area contributed by atoms with Crippen molar-refractivity contribution in [1.29, 1.82) is 0 Å². The first kappa shape index (κ1) is 21.2. The second-order valence-corrected chi connectivity index (χ2v) is 8.39. The molecule has 0 radical (unpaired) electrons. The molecule has 11 heteroatoms. The van der Waals surface area contributed by atoms with Crippen molar-refractivity contribution in [2.24, 2.45) is 5.10 Å². The molecular weight excluding hydrogens is 485 g/mol. The summed E-state index contributed by atoms with van der Waals surface area (Å²) in [7, 11) is 0. The molecular formula is C22H13Cl2N5O3S. The first-order valence-electron chi connectivity index (χ1n) is 9.53. The van der Waals surface area contributed by atoms with Gasteiger partial charge in [-0.25, -0.2) is 4.98 Å². The Morgan fingerprint density at radius 2 is 1.94 bits per heavy atom. The Morgan fingerprint density at radius 3 is 2.76 bits per heavy atom. The maximum atomic E-state index is 12.2. The fourth-order valence-electron chi connectivity index (χ4n) is 3.05. The Hall–Kier alpha value is -3.66. The predicted octanol–water partition coefficient (Wildman–Crippen LogP) is 5.16. The van der Waals surface area contributed by atoms with Crippen LogP contribution in [0.4, 0.5) is 5.13 Å². The van der Waals surface area contributed by atoms with Gasteiger partial charge in [-0.05, 0) is 35.0 Å². The quantitative estimate of drug-likeness (QED) is 0.197. The minimum Gasteiger partial charge on any atom is -0.539 e. The smallest absolute Gasteiger partial charge is 0.289 e. The van der Waals surface area contributed by atoms with Gasteiger partial charge in [0, 0.05) is 28.1 Å². The van der Waals surface area contributed by atoms with Crippen molar-refractivity contribution in [2.45, 2.75) is 0 Å². The lowest BCUT2D eigenvalue weighted by molar-refractivity contribution is -0.660. The SMILES string of the molecule is [O-]c1on[n+](-c2ccccc2)c1-c1csc(N/N=C/c2ccc(-c3ccc(Cl)cc3Cl)o2)n1. The lowest BCUT2D eigenvalue weighted by atomic mass is 10.2. The Kier molecular flexibility index (Phi) is 5.82. The van der Waals surface area contributed by atoms with Crippen LogP contribution in [-0.2, 0) is 0 Å². The van der Waals surface area contributed by atoms with Gasteiger partial charge in [-0.1, -0.05) is 41.4 Å². The monoisotopic (exact) mass is 497 g/mol. The molecule has 33 heavy (non-hydrogen) atoms. The molecule has 0 aliphatic carbocycles. The van der Waals surface area contributed by atoms with Crippen LogP contribution in [0.15, 0.2) is 80.1 Å². The summed E-state index contributed by atoms with van der Waals surface area (Å²) in [6.45, 7) is 0. The number of rotatable bonds is 6. The van der Waals surface area contributed by atoms with Crippen LogP contribution in [0.5, 0.6) is 5.95 Å². The molecule has 0 spiro atoms. The van der Waals surface area contributed by atoms with Crippen molar-refractivity contribution < 1.29 is 18.7 Å². The number of furan rings is 1. The van der Waals surface area contributed by atoms with Gasteiger partial charge in [0.2, 0.25) is 10.8 Å². The summed E-state index contributed by atoms with van der Waals surface area (Å²) in [5.41, 5.74) is 4.90. The molecule has 0 aliphatic rings. The van der Waals surface area contributed by atoms with Gasteiger partial charge < -0.3 is 14.0 Å². The van der Waals surface area contributed by atoms with E-state index < -0.39 is 5.95 Å². The van der Waals surface area contributed by atoms with Gasteiger partial charge in [0.05, 0.1) is 16.5 Å². The van der Waals surface area contributed by atoms with Crippen LogP contribution in [0.1, 0.15) is 5.76 Å². The van der Waals surface area contributed by atoms with Crippen molar-refractivity contribution in [2.75, 3.05) is 5.43 Å². The highest BCUT2D eigenvalue weighted by Gasteiger charge is 2.24. The second-order valence-electron chi connectivity index (χ2n) is 6.69. The largest absolute Gasteiger partial charge is 0.539 e. The van der Waals surface area contributed by atoms with Crippen LogP contribution in [0.3, 0.4) is 0 Å². The molecule has 164 valence electrons. The maximum Gasteiger partial charge on any atom is 0.289 e. The summed E-state index contributed by atoms with van der Waals surface area (Å²) in [5.74, 6) is 0.529. The highest BCUT2D eigenvalue weighted by molar-refractivity contribution is 7.14. The van der Waals surface area contributed by atoms with E-state index in [0.717, 1.165) is 5.56 Å². The minimum atomic E-state index is -0.580. The predicted molar refractivity (Wildman–Crippen MR) is 124 cm³/mol. The molecule has 0 unspecified atom stereocenters. The summed E-state index contributed by atoms with van der Waals surface area (Å²) in [5, 5.41) is 23.4. The van der Waals surface area contributed by atoms with E-state index in [2.05, 4.69) is 20.8 Å². The number of nitrogens with zero attached hydrogens (tertiary/aromatic N) is 4. The first-order valence-corrected chi connectivity index (χ1v) is 11.2. The highest BCUT2D eigenvalue weighted by Crippen LogP contribution is 2.31. The van der Waals surface area contributed by atoms with Crippen LogP contribution >= 0.6 is 34.5 Å².